The third kappa shape index (κ3) is 3.42. The molecule has 0 spiro atoms. The van der Waals surface area contributed by atoms with Crippen molar-refractivity contribution in [1.29, 1.82) is 0 Å². The van der Waals surface area contributed by atoms with E-state index < -0.39 is 0 Å². The third-order valence-corrected chi connectivity index (χ3v) is 6.30. The van der Waals surface area contributed by atoms with E-state index in [2.05, 4.69) is 51.0 Å². The van der Waals surface area contributed by atoms with Crippen LogP contribution in [0.2, 0.25) is 0 Å². The summed E-state index contributed by atoms with van der Waals surface area (Å²) >= 11 is 1.82. The molecular weight excluding hydrogens is 356 g/mol. The fraction of sp³-hybridized carbons (Fsp3) is 0.333. The Balaban J connectivity index is 1.58. The van der Waals surface area contributed by atoms with Crippen molar-refractivity contribution in [2.45, 2.75) is 26.3 Å². The Labute approximate surface area is 163 Å². The zero-order valence-electron chi connectivity index (χ0n) is 15.9. The second kappa shape index (κ2) is 7.29. The zero-order valence-corrected chi connectivity index (χ0v) is 16.7. The van der Waals surface area contributed by atoms with Gasteiger partial charge in [0.1, 0.15) is 0 Å². The molecular formula is C21H24N4OS. The first kappa shape index (κ1) is 17.9. The van der Waals surface area contributed by atoms with Crippen LogP contribution in [-0.4, -0.2) is 33.7 Å². The number of rotatable bonds is 4. The Morgan fingerprint density at radius 3 is 2.74 bits per heavy atom. The zero-order chi connectivity index (χ0) is 19.0. The molecule has 6 heteroatoms. The third-order valence-electron chi connectivity index (χ3n) is 5.30. The molecule has 0 aliphatic carbocycles. The Morgan fingerprint density at radius 1 is 1.26 bits per heavy atom. The first-order chi connectivity index (χ1) is 13.0. The minimum Gasteiger partial charge on any atom is -0.322 e. The largest absolute Gasteiger partial charge is 0.322 e. The second-order valence-electron chi connectivity index (χ2n) is 7.05. The molecule has 0 saturated carbocycles. The summed E-state index contributed by atoms with van der Waals surface area (Å²) in [6.07, 6.45) is 0.995. The molecule has 0 saturated heterocycles. The summed E-state index contributed by atoms with van der Waals surface area (Å²) < 4.78 is 1.80. The van der Waals surface area contributed by atoms with Crippen molar-refractivity contribution in [3.05, 3.63) is 69.2 Å². The van der Waals surface area contributed by atoms with Gasteiger partial charge >= 0.3 is 0 Å². The molecule has 3 heterocycles. The highest BCUT2D eigenvalue weighted by Gasteiger charge is 2.31. The Kier molecular flexibility index (Phi) is 4.85. The number of aromatic nitrogens is 2. The average molecular weight is 381 g/mol. The second-order valence-corrected chi connectivity index (χ2v) is 8.05. The van der Waals surface area contributed by atoms with Crippen LogP contribution in [0, 0.1) is 13.8 Å². The van der Waals surface area contributed by atoms with Crippen LogP contribution in [0.4, 0.5) is 5.69 Å². The summed E-state index contributed by atoms with van der Waals surface area (Å²) in [6.45, 7) is 5.14. The molecule has 140 valence electrons. The van der Waals surface area contributed by atoms with Gasteiger partial charge in [0, 0.05) is 18.5 Å². The molecule has 1 aliphatic heterocycles. The van der Waals surface area contributed by atoms with E-state index in [1.165, 1.54) is 16.0 Å². The smallest absolute Gasteiger partial charge is 0.238 e. The monoisotopic (exact) mass is 380 g/mol. The van der Waals surface area contributed by atoms with Crippen LogP contribution in [0.25, 0.3) is 0 Å². The molecule has 1 N–H and O–H groups in total. The molecule has 5 nitrogen and oxygen atoms in total. The predicted octanol–water partition coefficient (Wildman–Crippen LogP) is 3.68. The van der Waals surface area contributed by atoms with Gasteiger partial charge in [-0.15, -0.1) is 11.3 Å². The van der Waals surface area contributed by atoms with Crippen molar-refractivity contribution < 1.29 is 4.79 Å². The van der Waals surface area contributed by atoms with E-state index in [4.69, 9.17) is 0 Å². The SMILES string of the molecule is Cc1nn(C)c(C)c1NC(=O)CN1CCc2sccc2[C@H]1c1ccccc1. The number of nitrogens with one attached hydrogen (secondary N) is 1. The number of hydrogen-bond donors (Lipinski definition) is 1. The van der Waals surface area contributed by atoms with Gasteiger partial charge in [0.25, 0.3) is 0 Å². The van der Waals surface area contributed by atoms with Gasteiger partial charge in [-0.3, -0.25) is 14.4 Å². The maximum atomic E-state index is 12.8. The number of aryl methyl sites for hydroxylation is 2. The van der Waals surface area contributed by atoms with E-state index in [1.54, 1.807) is 4.68 Å². The lowest BCUT2D eigenvalue weighted by Crippen LogP contribution is -2.40. The summed E-state index contributed by atoms with van der Waals surface area (Å²) in [7, 11) is 1.89. The van der Waals surface area contributed by atoms with Crippen LogP contribution < -0.4 is 5.32 Å². The van der Waals surface area contributed by atoms with Gasteiger partial charge in [-0.1, -0.05) is 30.3 Å². The summed E-state index contributed by atoms with van der Waals surface area (Å²) in [5, 5.41) is 9.62. The van der Waals surface area contributed by atoms with Crippen LogP contribution >= 0.6 is 11.3 Å². The number of anilines is 1. The molecule has 0 unspecified atom stereocenters. The average Bonchev–Trinajstić information content (AvgIpc) is 3.22. The quantitative estimate of drug-likeness (QED) is 0.751. The number of hydrogen-bond acceptors (Lipinski definition) is 4. The highest BCUT2D eigenvalue weighted by atomic mass is 32.1. The first-order valence-corrected chi connectivity index (χ1v) is 10.1. The number of nitrogens with zero attached hydrogens (tertiary/aromatic N) is 3. The molecule has 4 rings (SSSR count). The minimum atomic E-state index is 0.00816. The standard InChI is InChI=1S/C21H24N4OS/c1-14-20(15(2)24(3)23-14)22-19(26)13-25-11-9-18-17(10-12-27-18)21(25)16-7-5-4-6-8-16/h4-8,10,12,21H,9,11,13H2,1-3H3,(H,22,26)/t21-/m1/s1. The van der Waals surface area contributed by atoms with Crippen LogP contribution in [-0.2, 0) is 18.3 Å². The molecule has 1 amide bonds. The number of carbonyl (C=O) groups excluding carboxylic acids is 1. The van der Waals surface area contributed by atoms with Gasteiger partial charge in [0.15, 0.2) is 0 Å². The summed E-state index contributed by atoms with van der Waals surface area (Å²) in [4.78, 5) is 16.5. The molecule has 27 heavy (non-hydrogen) atoms. The number of amides is 1. The number of fused-ring (bicyclic) bond motifs is 1. The van der Waals surface area contributed by atoms with Gasteiger partial charge < -0.3 is 5.32 Å². The van der Waals surface area contributed by atoms with E-state index in [0.717, 1.165) is 30.0 Å². The summed E-state index contributed by atoms with van der Waals surface area (Å²) in [5.41, 5.74) is 5.21. The number of benzene rings is 1. The van der Waals surface area contributed by atoms with Crippen LogP contribution in [0.3, 0.4) is 0 Å². The van der Waals surface area contributed by atoms with Crippen LogP contribution in [0.5, 0.6) is 0 Å². The maximum absolute atomic E-state index is 12.8. The fourth-order valence-electron chi connectivity index (χ4n) is 3.88. The van der Waals surface area contributed by atoms with Crippen molar-refractivity contribution in [2.75, 3.05) is 18.4 Å². The van der Waals surface area contributed by atoms with Gasteiger partial charge in [0.2, 0.25) is 5.91 Å². The molecule has 3 aromatic rings. The first-order valence-electron chi connectivity index (χ1n) is 9.20. The van der Waals surface area contributed by atoms with Crippen LogP contribution in [0.1, 0.15) is 33.4 Å². The molecule has 0 radical (unpaired) electrons. The summed E-state index contributed by atoms with van der Waals surface area (Å²) in [6, 6.07) is 12.8. The maximum Gasteiger partial charge on any atom is 0.238 e. The van der Waals surface area contributed by atoms with E-state index in [9.17, 15) is 4.79 Å². The van der Waals surface area contributed by atoms with E-state index >= 15 is 0 Å². The van der Waals surface area contributed by atoms with Crippen molar-refractivity contribution in [1.82, 2.24) is 14.7 Å². The van der Waals surface area contributed by atoms with E-state index in [1.807, 2.05) is 38.3 Å². The Bertz CT molecular complexity index is 960. The topological polar surface area (TPSA) is 50.2 Å². The van der Waals surface area contributed by atoms with Crippen molar-refractivity contribution >= 4 is 22.9 Å². The van der Waals surface area contributed by atoms with Crippen LogP contribution in [0.15, 0.2) is 41.8 Å². The highest BCUT2D eigenvalue weighted by Crippen LogP contribution is 2.37. The predicted molar refractivity (Wildman–Crippen MR) is 109 cm³/mol. The minimum absolute atomic E-state index is 0.00816. The van der Waals surface area contributed by atoms with Gasteiger partial charge in [-0.25, -0.2) is 0 Å². The van der Waals surface area contributed by atoms with E-state index in [0.29, 0.717) is 6.54 Å². The number of thiophene rings is 1. The van der Waals surface area contributed by atoms with Gasteiger partial charge in [-0.05, 0) is 42.8 Å². The molecule has 1 aliphatic rings. The normalized spacial score (nSPS) is 16.9. The van der Waals surface area contributed by atoms with E-state index in [-0.39, 0.29) is 11.9 Å². The lowest BCUT2D eigenvalue weighted by Gasteiger charge is -2.35. The molecule has 2 aromatic heterocycles. The lowest BCUT2D eigenvalue weighted by molar-refractivity contribution is -0.117. The van der Waals surface area contributed by atoms with Crippen molar-refractivity contribution in [2.24, 2.45) is 7.05 Å². The molecule has 0 fully saturated rings. The number of carbonyl (C=O) groups is 1. The van der Waals surface area contributed by atoms with Crippen molar-refractivity contribution in [3.8, 4) is 0 Å². The summed E-state index contributed by atoms with van der Waals surface area (Å²) in [5.74, 6) is 0.00816. The Morgan fingerprint density at radius 2 is 2.04 bits per heavy atom. The Hall–Kier alpha value is -2.44. The molecule has 1 atom stereocenters. The van der Waals surface area contributed by atoms with Crippen molar-refractivity contribution in [3.63, 3.8) is 0 Å². The highest BCUT2D eigenvalue weighted by molar-refractivity contribution is 7.10. The lowest BCUT2D eigenvalue weighted by atomic mass is 9.93. The molecule has 0 bridgehead atoms. The molecule has 1 aromatic carbocycles. The fourth-order valence-corrected chi connectivity index (χ4v) is 4.79. The van der Waals surface area contributed by atoms with Gasteiger partial charge in [0.05, 0.1) is 29.7 Å². The van der Waals surface area contributed by atoms with Gasteiger partial charge in [-0.2, -0.15) is 5.10 Å².